The lowest BCUT2D eigenvalue weighted by atomic mass is 10.0. The molecular weight excluding hydrogens is 527 g/mol. The van der Waals surface area contributed by atoms with Gasteiger partial charge in [-0.05, 0) is 84.9 Å². The Morgan fingerprint density at radius 3 is 2.30 bits per heavy atom. The molecule has 0 spiro atoms. The van der Waals surface area contributed by atoms with Gasteiger partial charge in [-0.3, -0.25) is 9.59 Å². The predicted molar refractivity (Wildman–Crippen MR) is 138 cm³/mol. The Hall–Kier alpha value is -1.76. The van der Waals surface area contributed by atoms with Crippen LogP contribution < -0.4 is 10.1 Å². The third-order valence-corrected chi connectivity index (χ3v) is 6.20. The molecule has 2 aromatic carbocycles. The Morgan fingerprint density at radius 1 is 1.09 bits per heavy atom. The van der Waals surface area contributed by atoms with Crippen molar-refractivity contribution in [1.29, 1.82) is 0 Å². The molecule has 0 fully saturated rings. The van der Waals surface area contributed by atoms with E-state index in [9.17, 15) is 9.59 Å². The Morgan fingerprint density at radius 2 is 1.76 bits per heavy atom. The van der Waals surface area contributed by atoms with Crippen LogP contribution in [-0.4, -0.2) is 34.9 Å². The predicted octanol–water partition coefficient (Wildman–Crippen LogP) is 6.59. The van der Waals surface area contributed by atoms with Gasteiger partial charge in [0.25, 0.3) is 5.91 Å². The second-order valence-corrected chi connectivity index (χ2v) is 11.0. The summed E-state index contributed by atoms with van der Waals surface area (Å²) in [4.78, 5) is 27.6. The monoisotopic (exact) mass is 556 g/mol. The molecule has 2 amide bonds. The molecule has 0 saturated carbocycles. The summed E-state index contributed by atoms with van der Waals surface area (Å²) in [5, 5.41) is 3.85. The van der Waals surface area contributed by atoms with E-state index in [1.54, 1.807) is 25.1 Å². The third kappa shape index (κ3) is 8.20. The maximum atomic E-state index is 13.2. The van der Waals surface area contributed by atoms with Crippen LogP contribution >= 0.6 is 39.1 Å². The highest BCUT2D eigenvalue weighted by atomic mass is 79.9. The molecule has 2 rings (SSSR count). The summed E-state index contributed by atoms with van der Waals surface area (Å²) in [7, 11) is 0. The van der Waals surface area contributed by atoms with Gasteiger partial charge in [-0.2, -0.15) is 0 Å². The van der Waals surface area contributed by atoms with Gasteiger partial charge >= 0.3 is 0 Å². The molecular formula is C25H31BrCl2N2O3. The van der Waals surface area contributed by atoms with E-state index >= 15 is 0 Å². The number of nitrogens with one attached hydrogen (secondary N) is 1. The number of carbonyl (C=O) groups is 2. The Labute approximate surface area is 214 Å². The third-order valence-electron chi connectivity index (χ3n) is 5.00. The maximum absolute atomic E-state index is 13.2. The number of amides is 2. The normalized spacial score (nSPS) is 12.4. The number of carbonyl (C=O) groups excluding carboxylic acids is 2. The molecule has 0 aromatic heterocycles. The lowest BCUT2D eigenvalue weighted by Gasteiger charge is -2.31. The summed E-state index contributed by atoms with van der Waals surface area (Å²) < 4.78 is 6.58. The van der Waals surface area contributed by atoms with E-state index in [4.69, 9.17) is 27.9 Å². The number of hydrogen-bond donors (Lipinski definition) is 1. The molecule has 0 heterocycles. The molecule has 1 atom stereocenters. The number of benzene rings is 2. The summed E-state index contributed by atoms with van der Waals surface area (Å²) in [5.41, 5.74) is 1.41. The van der Waals surface area contributed by atoms with Crippen LogP contribution in [0.3, 0.4) is 0 Å². The van der Waals surface area contributed by atoms with Gasteiger partial charge in [-0.1, -0.05) is 49.2 Å². The van der Waals surface area contributed by atoms with Crippen molar-refractivity contribution in [3.8, 4) is 5.75 Å². The molecule has 0 radical (unpaired) electrons. The van der Waals surface area contributed by atoms with Crippen molar-refractivity contribution >= 4 is 50.9 Å². The van der Waals surface area contributed by atoms with Gasteiger partial charge in [0.15, 0.2) is 6.61 Å². The Balaban J connectivity index is 2.24. The first-order valence-electron chi connectivity index (χ1n) is 10.8. The summed E-state index contributed by atoms with van der Waals surface area (Å²) in [6.07, 6.45) is 0. The fraction of sp³-hybridized carbons (Fsp3) is 0.440. The molecule has 5 nitrogen and oxygen atoms in total. The highest BCUT2D eigenvalue weighted by Gasteiger charge is 2.29. The molecule has 0 aliphatic heterocycles. The fourth-order valence-corrected chi connectivity index (χ4v) is 4.08. The van der Waals surface area contributed by atoms with Gasteiger partial charge in [0.05, 0.1) is 4.47 Å². The van der Waals surface area contributed by atoms with Gasteiger partial charge < -0.3 is 15.0 Å². The fourth-order valence-electron chi connectivity index (χ4n) is 3.11. The summed E-state index contributed by atoms with van der Waals surface area (Å²) >= 11 is 15.9. The number of hydrogen-bond acceptors (Lipinski definition) is 3. The van der Waals surface area contributed by atoms with Crippen LogP contribution in [0.4, 0.5) is 0 Å². The minimum atomic E-state index is -0.737. The van der Waals surface area contributed by atoms with Gasteiger partial charge in [0.1, 0.15) is 11.8 Å². The first-order chi connectivity index (χ1) is 15.3. The van der Waals surface area contributed by atoms with Crippen LogP contribution in [0, 0.1) is 0 Å². The zero-order valence-corrected chi connectivity index (χ0v) is 22.9. The zero-order chi connectivity index (χ0) is 24.9. The van der Waals surface area contributed by atoms with Crippen LogP contribution in [0.15, 0.2) is 40.9 Å². The average molecular weight is 558 g/mol. The van der Waals surface area contributed by atoms with Crippen LogP contribution in [0.1, 0.15) is 58.6 Å². The lowest BCUT2D eigenvalue weighted by Crippen LogP contribution is -2.53. The van der Waals surface area contributed by atoms with E-state index in [1.807, 2.05) is 39.0 Å². The first-order valence-corrected chi connectivity index (χ1v) is 12.3. The zero-order valence-electron chi connectivity index (χ0n) is 19.8. The molecule has 0 aliphatic rings. The number of halogens is 3. The molecule has 1 N–H and O–H groups in total. The number of rotatable bonds is 8. The van der Waals surface area contributed by atoms with Gasteiger partial charge in [-0.15, -0.1) is 0 Å². The SMILES string of the molecule is CC(C)c1ccc(OCC(=O)N(Cc2ccc(Cl)cc2Cl)[C@H](C)C(=O)NC(C)(C)C)c(Br)c1. The number of nitrogens with zero attached hydrogens (tertiary/aromatic N) is 1. The first kappa shape index (κ1) is 27.5. The quantitative estimate of drug-likeness (QED) is 0.398. The largest absolute Gasteiger partial charge is 0.483 e. The van der Waals surface area contributed by atoms with Crippen LogP contribution in [0.25, 0.3) is 0 Å². The van der Waals surface area contributed by atoms with Crippen molar-refractivity contribution in [2.45, 2.75) is 65.6 Å². The van der Waals surface area contributed by atoms with Gasteiger partial charge in [-0.25, -0.2) is 0 Å². The van der Waals surface area contributed by atoms with Crippen molar-refractivity contribution in [3.63, 3.8) is 0 Å². The topological polar surface area (TPSA) is 58.6 Å². The second-order valence-electron chi connectivity index (χ2n) is 9.31. The summed E-state index contributed by atoms with van der Waals surface area (Å²) in [6, 6.07) is 10.1. The van der Waals surface area contributed by atoms with Gasteiger partial charge in [0, 0.05) is 22.1 Å². The van der Waals surface area contributed by atoms with Crippen molar-refractivity contribution in [1.82, 2.24) is 10.2 Å². The minimum Gasteiger partial charge on any atom is -0.483 e. The van der Waals surface area contributed by atoms with E-state index in [2.05, 4.69) is 35.1 Å². The van der Waals surface area contributed by atoms with E-state index in [0.29, 0.717) is 27.3 Å². The molecule has 180 valence electrons. The molecule has 0 unspecified atom stereocenters. The molecule has 33 heavy (non-hydrogen) atoms. The number of ether oxygens (including phenoxy) is 1. The van der Waals surface area contributed by atoms with Crippen molar-refractivity contribution in [3.05, 3.63) is 62.0 Å². The Kier molecular flexibility index (Phi) is 9.65. The molecule has 0 bridgehead atoms. The smallest absolute Gasteiger partial charge is 0.261 e. The second kappa shape index (κ2) is 11.6. The van der Waals surface area contributed by atoms with E-state index in [0.717, 1.165) is 10.0 Å². The minimum absolute atomic E-state index is 0.143. The summed E-state index contributed by atoms with van der Waals surface area (Å²) in [5.74, 6) is 0.337. The van der Waals surface area contributed by atoms with E-state index < -0.39 is 11.6 Å². The summed E-state index contributed by atoms with van der Waals surface area (Å²) in [6.45, 7) is 11.5. The van der Waals surface area contributed by atoms with E-state index in [1.165, 1.54) is 4.90 Å². The molecule has 8 heteroatoms. The molecule has 0 aliphatic carbocycles. The standard InChI is InChI=1S/C25H31BrCl2N2O3/c1-15(2)17-8-10-22(20(26)11-17)33-14-23(31)30(16(3)24(32)29-25(4,5)6)13-18-7-9-19(27)12-21(18)28/h7-12,15-16H,13-14H2,1-6H3,(H,29,32)/t16-/m1/s1. The van der Waals surface area contributed by atoms with E-state index in [-0.39, 0.29) is 25.0 Å². The van der Waals surface area contributed by atoms with Crippen molar-refractivity contribution in [2.24, 2.45) is 0 Å². The highest BCUT2D eigenvalue weighted by molar-refractivity contribution is 9.10. The maximum Gasteiger partial charge on any atom is 0.261 e. The lowest BCUT2D eigenvalue weighted by molar-refractivity contribution is -0.142. The average Bonchev–Trinajstić information content (AvgIpc) is 2.70. The Bertz CT molecular complexity index is 1010. The van der Waals surface area contributed by atoms with Gasteiger partial charge in [0.2, 0.25) is 5.91 Å². The molecule has 0 saturated heterocycles. The van der Waals surface area contributed by atoms with Crippen molar-refractivity contribution in [2.75, 3.05) is 6.61 Å². The van der Waals surface area contributed by atoms with Crippen LogP contribution in [0.5, 0.6) is 5.75 Å². The van der Waals surface area contributed by atoms with Crippen LogP contribution in [0.2, 0.25) is 10.0 Å². The van der Waals surface area contributed by atoms with Crippen LogP contribution in [-0.2, 0) is 16.1 Å². The molecule has 2 aromatic rings. The van der Waals surface area contributed by atoms with Crippen molar-refractivity contribution < 1.29 is 14.3 Å². The highest BCUT2D eigenvalue weighted by Crippen LogP contribution is 2.29.